The maximum Gasteiger partial charge on any atom is 0.242 e. The second kappa shape index (κ2) is 6.17. The number of aryl methyl sites for hydroxylation is 1. The highest BCUT2D eigenvalue weighted by molar-refractivity contribution is 5.49. The molecular formula is C21H24O4. The topological polar surface area (TPSA) is 36.9 Å². The average Bonchev–Trinajstić information content (AvgIpc) is 3.18. The lowest BCUT2D eigenvalue weighted by atomic mass is 9.93. The number of rotatable bonds is 4. The molecule has 0 spiro atoms. The highest BCUT2D eigenvalue weighted by Crippen LogP contribution is 2.41. The van der Waals surface area contributed by atoms with Gasteiger partial charge in [-0.1, -0.05) is 26.8 Å². The molecule has 2 atom stereocenters. The fourth-order valence-corrected chi connectivity index (χ4v) is 3.48. The van der Waals surface area contributed by atoms with E-state index in [1.165, 1.54) is 16.7 Å². The molecule has 0 saturated heterocycles. The molecule has 0 radical (unpaired) electrons. The van der Waals surface area contributed by atoms with Gasteiger partial charge in [-0.15, -0.1) is 0 Å². The molecule has 2 heterocycles. The molecule has 0 aromatic heterocycles. The fourth-order valence-electron chi connectivity index (χ4n) is 3.48. The molecule has 4 nitrogen and oxygen atoms in total. The first-order valence-corrected chi connectivity index (χ1v) is 8.88. The van der Waals surface area contributed by atoms with E-state index >= 15 is 0 Å². The first-order valence-electron chi connectivity index (χ1n) is 8.88. The Balaban J connectivity index is 1.48. The van der Waals surface area contributed by atoms with E-state index in [9.17, 15) is 0 Å². The van der Waals surface area contributed by atoms with Gasteiger partial charge >= 0.3 is 0 Å². The molecule has 0 bridgehead atoms. The molecule has 25 heavy (non-hydrogen) atoms. The molecule has 2 aliphatic heterocycles. The Kier molecular flexibility index (Phi) is 3.98. The minimum Gasteiger partial charge on any atom is -0.454 e. The summed E-state index contributed by atoms with van der Waals surface area (Å²) in [6.07, 6.45) is 0.531. The summed E-state index contributed by atoms with van der Waals surface area (Å²) < 4.78 is 23.0. The van der Waals surface area contributed by atoms with Gasteiger partial charge in [0.25, 0.3) is 0 Å². The van der Waals surface area contributed by atoms with Gasteiger partial charge in [0.15, 0.2) is 23.0 Å². The third-order valence-corrected chi connectivity index (χ3v) is 4.99. The number of benzene rings is 2. The van der Waals surface area contributed by atoms with Crippen molar-refractivity contribution in [1.29, 1.82) is 0 Å². The molecule has 0 aliphatic carbocycles. The van der Waals surface area contributed by atoms with Gasteiger partial charge in [-0.3, -0.25) is 0 Å². The SMILES string of the molecule is Cc1cc2c(cc1C(C)CC1Oc3ccc(C(C)C)cc3O1)OCO2. The second-order valence-electron chi connectivity index (χ2n) is 7.22. The maximum absolute atomic E-state index is 6.04. The van der Waals surface area contributed by atoms with Crippen LogP contribution in [0.4, 0.5) is 0 Å². The van der Waals surface area contributed by atoms with Crippen LogP contribution in [0, 0.1) is 6.92 Å². The van der Waals surface area contributed by atoms with Crippen molar-refractivity contribution in [2.75, 3.05) is 6.79 Å². The molecule has 0 fully saturated rings. The largest absolute Gasteiger partial charge is 0.454 e. The quantitative estimate of drug-likeness (QED) is 0.772. The average molecular weight is 340 g/mol. The molecule has 4 heteroatoms. The van der Waals surface area contributed by atoms with Crippen molar-refractivity contribution >= 4 is 0 Å². The lowest BCUT2D eigenvalue weighted by Gasteiger charge is -2.18. The number of ether oxygens (including phenoxy) is 4. The Labute approximate surface area is 148 Å². The highest BCUT2D eigenvalue weighted by Gasteiger charge is 2.28. The summed E-state index contributed by atoms with van der Waals surface area (Å²) in [5.41, 5.74) is 3.72. The number of hydrogen-bond donors (Lipinski definition) is 0. The van der Waals surface area contributed by atoms with Crippen LogP contribution in [0.25, 0.3) is 0 Å². The van der Waals surface area contributed by atoms with Gasteiger partial charge in [0.1, 0.15) is 0 Å². The predicted octanol–water partition coefficient (Wildman–Crippen LogP) is 5.14. The molecule has 2 aromatic rings. The minimum absolute atomic E-state index is 0.253. The molecule has 2 aliphatic rings. The van der Waals surface area contributed by atoms with Gasteiger partial charge in [-0.05, 0) is 59.7 Å². The zero-order valence-electron chi connectivity index (χ0n) is 15.2. The Morgan fingerprint density at radius 2 is 1.64 bits per heavy atom. The van der Waals surface area contributed by atoms with Gasteiger partial charge in [0.2, 0.25) is 13.1 Å². The van der Waals surface area contributed by atoms with Crippen LogP contribution in [-0.2, 0) is 0 Å². The molecule has 132 valence electrons. The van der Waals surface area contributed by atoms with Crippen molar-refractivity contribution in [3.8, 4) is 23.0 Å². The summed E-state index contributed by atoms with van der Waals surface area (Å²) in [7, 11) is 0. The number of hydrogen-bond acceptors (Lipinski definition) is 4. The van der Waals surface area contributed by atoms with E-state index in [4.69, 9.17) is 18.9 Å². The van der Waals surface area contributed by atoms with Gasteiger partial charge < -0.3 is 18.9 Å². The summed E-state index contributed by atoms with van der Waals surface area (Å²) in [5, 5.41) is 0. The van der Waals surface area contributed by atoms with Crippen LogP contribution in [-0.4, -0.2) is 13.1 Å². The van der Waals surface area contributed by atoms with Gasteiger partial charge in [0, 0.05) is 6.42 Å². The highest BCUT2D eigenvalue weighted by atomic mass is 16.7. The third-order valence-electron chi connectivity index (χ3n) is 4.99. The van der Waals surface area contributed by atoms with Crippen LogP contribution in [0.2, 0.25) is 0 Å². The predicted molar refractivity (Wildman–Crippen MR) is 95.9 cm³/mol. The normalized spacial score (nSPS) is 18.7. The Morgan fingerprint density at radius 1 is 0.920 bits per heavy atom. The van der Waals surface area contributed by atoms with Crippen LogP contribution in [0.1, 0.15) is 55.7 Å². The van der Waals surface area contributed by atoms with Crippen molar-refractivity contribution in [2.24, 2.45) is 0 Å². The summed E-state index contributed by atoms with van der Waals surface area (Å²) in [4.78, 5) is 0. The lowest BCUT2D eigenvalue weighted by molar-refractivity contribution is 0.0367. The maximum atomic E-state index is 6.04. The van der Waals surface area contributed by atoms with Gasteiger partial charge in [-0.25, -0.2) is 0 Å². The van der Waals surface area contributed by atoms with Crippen LogP contribution in [0.5, 0.6) is 23.0 Å². The summed E-state index contributed by atoms with van der Waals surface area (Å²) >= 11 is 0. The van der Waals surface area contributed by atoms with Crippen molar-refractivity contribution in [2.45, 2.75) is 52.2 Å². The van der Waals surface area contributed by atoms with E-state index in [0.717, 1.165) is 29.4 Å². The molecule has 0 N–H and O–H groups in total. The lowest BCUT2D eigenvalue weighted by Crippen LogP contribution is -2.20. The Bertz CT molecular complexity index is 797. The Hall–Kier alpha value is -2.36. The van der Waals surface area contributed by atoms with Crippen molar-refractivity contribution in [3.63, 3.8) is 0 Å². The first kappa shape index (κ1) is 16.1. The van der Waals surface area contributed by atoms with E-state index in [0.29, 0.717) is 18.6 Å². The molecular weight excluding hydrogens is 316 g/mol. The molecule has 2 aromatic carbocycles. The zero-order valence-corrected chi connectivity index (χ0v) is 15.2. The van der Waals surface area contributed by atoms with Crippen molar-refractivity contribution in [3.05, 3.63) is 47.0 Å². The number of fused-ring (bicyclic) bond motifs is 2. The van der Waals surface area contributed by atoms with Crippen molar-refractivity contribution < 1.29 is 18.9 Å². The van der Waals surface area contributed by atoms with E-state index in [1.807, 2.05) is 12.1 Å². The van der Waals surface area contributed by atoms with E-state index in [1.54, 1.807) is 0 Å². The Morgan fingerprint density at radius 3 is 2.40 bits per heavy atom. The van der Waals surface area contributed by atoms with E-state index < -0.39 is 0 Å². The summed E-state index contributed by atoms with van der Waals surface area (Å²) in [5.74, 6) is 4.11. The molecule has 4 rings (SSSR count). The third kappa shape index (κ3) is 3.01. The zero-order chi connectivity index (χ0) is 17.6. The molecule has 0 amide bonds. The van der Waals surface area contributed by atoms with Crippen molar-refractivity contribution in [1.82, 2.24) is 0 Å². The molecule has 0 saturated carbocycles. The standard InChI is InChI=1S/C21H24O4/c1-12(2)15-5-6-17-20(9-15)25-21(24-17)8-14(4)16-10-19-18(7-13(16)3)22-11-23-19/h5-7,9-10,12,14,21H,8,11H2,1-4H3. The first-order chi connectivity index (χ1) is 12.0. The van der Waals surface area contributed by atoms with Crippen LogP contribution < -0.4 is 18.9 Å². The van der Waals surface area contributed by atoms with Crippen LogP contribution in [0.15, 0.2) is 30.3 Å². The molecule has 2 unspecified atom stereocenters. The monoisotopic (exact) mass is 340 g/mol. The smallest absolute Gasteiger partial charge is 0.242 e. The van der Waals surface area contributed by atoms with E-state index in [-0.39, 0.29) is 6.29 Å². The van der Waals surface area contributed by atoms with Crippen LogP contribution >= 0.6 is 0 Å². The minimum atomic E-state index is -0.253. The fraction of sp³-hybridized carbons (Fsp3) is 0.429. The van der Waals surface area contributed by atoms with E-state index in [2.05, 4.69) is 45.9 Å². The summed E-state index contributed by atoms with van der Waals surface area (Å²) in [6.45, 7) is 8.96. The second-order valence-corrected chi connectivity index (χ2v) is 7.22. The van der Waals surface area contributed by atoms with Gasteiger partial charge in [0.05, 0.1) is 0 Å². The summed E-state index contributed by atoms with van der Waals surface area (Å²) in [6, 6.07) is 10.4. The van der Waals surface area contributed by atoms with Gasteiger partial charge in [-0.2, -0.15) is 0 Å². The van der Waals surface area contributed by atoms with Crippen LogP contribution in [0.3, 0.4) is 0 Å².